The first kappa shape index (κ1) is 10.5. The number of aliphatic hydroxyl groups excluding tert-OH is 1. The van der Waals surface area contributed by atoms with Gasteiger partial charge in [0, 0.05) is 0 Å². The minimum absolute atomic E-state index is 0.336. The Kier molecular flexibility index (Phi) is 2.49. The van der Waals surface area contributed by atoms with Crippen LogP contribution >= 0.6 is 0 Å². The molecule has 86 valence electrons. The number of hydrogen-bond acceptors (Lipinski definition) is 1. The molecule has 0 amide bonds. The van der Waals surface area contributed by atoms with Crippen molar-refractivity contribution < 1.29 is 5.11 Å². The van der Waals surface area contributed by atoms with Crippen molar-refractivity contribution in [1.82, 2.24) is 0 Å². The minimum Gasteiger partial charge on any atom is -0.388 e. The van der Waals surface area contributed by atoms with Crippen molar-refractivity contribution in [1.29, 1.82) is 0 Å². The second kappa shape index (κ2) is 4.01. The van der Waals surface area contributed by atoms with Crippen LogP contribution < -0.4 is 0 Å². The Morgan fingerprint density at radius 1 is 1.06 bits per heavy atom. The van der Waals surface area contributed by atoms with Crippen molar-refractivity contribution in [2.24, 2.45) is 0 Å². The molecule has 1 aliphatic rings. The standard InChI is InChI=1S/C16H16O/c1-11-5-4-8-14-15(17)10-9-12-6-2-3-7-13(12)16(11)14/h2-8,15,17H,9-10H2,1H3. The summed E-state index contributed by atoms with van der Waals surface area (Å²) in [4.78, 5) is 0. The Morgan fingerprint density at radius 3 is 2.76 bits per heavy atom. The van der Waals surface area contributed by atoms with Crippen LogP contribution in [0.5, 0.6) is 0 Å². The number of hydrogen-bond donors (Lipinski definition) is 1. The molecule has 0 bridgehead atoms. The minimum atomic E-state index is -0.336. The molecule has 0 aromatic heterocycles. The smallest absolute Gasteiger partial charge is 0.0799 e. The Balaban J connectivity index is 2.34. The molecule has 2 aromatic rings. The first-order valence-corrected chi connectivity index (χ1v) is 6.13. The van der Waals surface area contributed by atoms with Gasteiger partial charge >= 0.3 is 0 Å². The van der Waals surface area contributed by atoms with Crippen LogP contribution in [-0.4, -0.2) is 5.11 Å². The molecule has 1 N–H and O–H groups in total. The van der Waals surface area contributed by atoms with E-state index in [4.69, 9.17) is 0 Å². The second-order valence-corrected chi connectivity index (χ2v) is 4.75. The zero-order chi connectivity index (χ0) is 11.8. The Labute approximate surface area is 102 Å². The monoisotopic (exact) mass is 224 g/mol. The Morgan fingerprint density at radius 2 is 1.88 bits per heavy atom. The van der Waals surface area contributed by atoms with Crippen molar-refractivity contribution in [3.63, 3.8) is 0 Å². The van der Waals surface area contributed by atoms with Gasteiger partial charge in [0.1, 0.15) is 0 Å². The maximum absolute atomic E-state index is 10.2. The van der Waals surface area contributed by atoms with E-state index in [0.29, 0.717) is 0 Å². The summed E-state index contributed by atoms with van der Waals surface area (Å²) < 4.78 is 0. The average Bonchev–Trinajstić information content (AvgIpc) is 2.49. The topological polar surface area (TPSA) is 20.2 Å². The molecule has 1 nitrogen and oxygen atoms in total. The van der Waals surface area contributed by atoms with E-state index in [1.807, 2.05) is 6.07 Å². The first-order valence-electron chi connectivity index (χ1n) is 6.13. The molecule has 0 aliphatic heterocycles. The van der Waals surface area contributed by atoms with E-state index >= 15 is 0 Å². The average molecular weight is 224 g/mol. The number of fused-ring (bicyclic) bond motifs is 3. The van der Waals surface area contributed by atoms with Crippen LogP contribution in [0.1, 0.15) is 29.2 Å². The van der Waals surface area contributed by atoms with Crippen molar-refractivity contribution in [3.05, 3.63) is 59.2 Å². The van der Waals surface area contributed by atoms with Gasteiger partial charge in [-0.3, -0.25) is 0 Å². The fourth-order valence-corrected chi connectivity index (χ4v) is 2.77. The lowest BCUT2D eigenvalue weighted by molar-refractivity contribution is 0.169. The second-order valence-electron chi connectivity index (χ2n) is 4.75. The first-order chi connectivity index (χ1) is 8.27. The molecule has 2 aromatic carbocycles. The van der Waals surface area contributed by atoms with Gasteiger partial charge in [-0.1, -0.05) is 42.5 Å². The lowest BCUT2D eigenvalue weighted by Gasteiger charge is -2.14. The predicted molar refractivity (Wildman–Crippen MR) is 69.9 cm³/mol. The van der Waals surface area contributed by atoms with Gasteiger partial charge in [0.25, 0.3) is 0 Å². The highest BCUT2D eigenvalue weighted by Crippen LogP contribution is 2.38. The number of aryl methyl sites for hydroxylation is 2. The molecule has 0 heterocycles. The zero-order valence-electron chi connectivity index (χ0n) is 9.98. The van der Waals surface area contributed by atoms with E-state index in [-0.39, 0.29) is 6.10 Å². The molecule has 0 radical (unpaired) electrons. The largest absolute Gasteiger partial charge is 0.388 e. The van der Waals surface area contributed by atoms with E-state index in [0.717, 1.165) is 18.4 Å². The SMILES string of the molecule is Cc1cccc2c1-c1ccccc1CCC2O. The summed E-state index contributed by atoms with van der Waals surface area (Å²) in [5.41, 5.74) is 6.19. The van der Waals surface area contributed by atoms with E-state index in [1.165, 1.54) is 22.3 Å². The molecular weight excluding hydrogens is 208 g/mol. The van der Waals surface area contributed by atoms with E-state index in [2.05, 4.69) is 43.3 Å². The molecular formula is C16H16O. The summed E-state index contributed by atoms with van der Waals surface area (Å²) in [6.45, 7) is 2.12. The zero-order valence-corrected chi connectivity index (χ0v) is 9.98. The van der Waals surface area contributed by atoms with Crippen LogP contribution in [0.25, 0.3) is 11.1 Å². The van der Waals surface area contributed by atoms with Gasteiger partial charge in [0.05, 0.1) is 6.10 Å². The van der Waals surface area contributed by atoms with E-state index in [1.54, 1.807) is 0 Å². The van der Waals surface area contributed by atoms with Gasteiger partial charge in [0.15, 0.2) is 0 Å². The molecule has 1 atom stereocenters. The van der Waals surface area contributed by atoms with Crippen LogP contribution in [0.2, 0.25) is 0 Å². The Hall–Kier alpha value is -1.60. The van der Waals surface area contributed by atoms with Crippen molar-refractivity contribution >= 4 is 0 Å². The van der Waals surface area contributed by atoms with Gasteiger partial charge in [0.2, 0.25) is 0 Å². The molecule has 0 saturated heterocycles. The van der Waals surface area contributed by atoms with Crippen LogP contribution in [0.3, 0.4) is 0 Å². The van der Waals surface area contributed by atoms with Gasteiger partial charge < -0.3 is 5.11 Å². The molecule has 1 unspecified atom stereocenters. The molecule has 0 spiro atoms. The maximum Gasteiger partial charge on any atom is 0.0799 e. The molecule has 1 aliphatic carbocycles. The van der Waals surface area contributed by atoms with Crippen LogP contribution in [0, 0.1) is 6.92 Å². The summed E-state index contributed by atoms with van der Waals surface area (Å²) in [5.74, 6) is 0. The van der Waals surface area contributed by atoms with Crippen LogP contribution in [0.15, 0.2) is 42.5 Å². The summed E-state index contributed by atoms with van der Waals surface area (Å²) in [5, 5.41) is 10.2. The van der Waals surface area contributed by atoms with Crippen LogP contribution in [0.4, 0.5) is 0 Å². The van der Waals surface area contributed by atoms with Crippen molar-refractivity contribution in [2.45, 2.75) is 25.9 Å². The predicted octanol–water partition coefficient (Wildman–Crippen LogP) is 3.64. The summed E-state index contributed by atoms with van der Waals surface area (Å²) in [6, 6.07) is 14.7. The highest BCUT2D eigenvalue weighted by molar-refractivity contribution is 5.75. The van der Waals surface area contributed by atoms with E-state index in [9.17, 15) is 5.11 Å². The normalized spacial score (nSPS) is 18.1. The fraction of sp³-hybridized carbons (Fsp3) is 0.250. The Bertz CT molecular complexity index is 557. The summed E-state index contributed by atoms with van der Waals surface area (Å²) >= 11 is 0. The highest BCUT2D eigenvalue weighted by Gasteiger charge is 2.21. The third-order valence-electron chi connectivity index (χ3n) is 3.64. The summed E-state index contributed by atoms with van der Waals surface area (Å²) in [7, 11) is 0. The lowest BCUT2D eigenvalue weighted by atomic mass is 9.92. The summed E-state index contributed by atoms with van der Waals surface area (Å²) in [6.07, 6.45) is 1.43. The van der Waals surface area contributed by atoms with E-state index < -0.39 is 0 Å². The molecule has 3 rings (SSSR count). The fourth-order valence-electron chi connectivity index (χ4n) is 2.77. The number of aliphatic hydroxyl groups is 1. The maximum atomic E-state index is 10.2. The molecule has 17 heavy (non-hydrogen) atoms. The van der Waals surface area contributed by atoms with Crippen molar-refractivity contribution in [2.75, 3.05) is 0 Å². The molecule has 0 fully saturated rings. The lowest BCUT2D eigenvalue weighted by Crippen LogP contribution is -1.98. The third-order valence-corrected chi connectivity index (χ3v) is 3.64. The number of rotatable bonds is 0. The van der Waals surface area contributed by atoms with Gasteiger partial charge in [-0.2, -0.15) is 0 Å². The van der Waals surface area contributed by atoms with Gasteiger partial charge in [-0.15, -0.1) is 0 Å². The molecule has 1 heteroatoms. The number of benzene rings is 2. The van der Waals surface area contributed by atoms with Gasteiger partial charge in [-0.25, -0.2) is 0 Å². The molecule has 0 saturated carbocycles. The van der Waals surface area contributed by atoms with Gasteiger partial charge in [-0.05, 0) is 47.6 Å². The highest BCUT2D eigenvalue weighted by atomic mass is 16.3. The third kappa shape index (κ3) is 1.67. The van der Waals surface area contributed by atoms with Crippen molar-refractivity contribution in [3.8, 4) is 11.1 Å². The van der Waals surface area contributed by atoms with Crippen LogP contribution in [-0.2, 0) is 6.42 Å². The quantitative estimate of drug-likeness (QED) is 0.724.